The minimum Gasteiger partial charge on any atom is -0.351 e. The summed E-state index contributed by atoms with van der Waals surface area (Å²) in [5, 5.41) is 10.5. The topological polar surface area (TPSA) is 70.9 Å². The molecule has 1 unspecified atom stereocenters. The van der Waals surface area contributed by atoms with E-state index in [-0.39, 0.29) is 17.9 Å². The normalized spacial score (nSPS) is 22.4. The Morgan fingerprint density at radius 2 is 1.90 bits per heavy atom. The Kier molecular flexibility index (Phi) is 3.58. The van der Waals surface area contributed by atoms with Crippen LogP contribution in [0.2, 0.25) is 0 Å². The molecule has 1 aliphatic heterocycles. The molecule has 5 heteroatoms. The van der Waals surface area contributed by atoms with E-state index in [0.717, 1.165) is 25.7 Å². The van der Waals surface area contributed by atoms with E-state index in [0.29, 0.717) is 11.1 Å². The van der Waals surface area contributed by atoms with Gasteiger partial charge in [0.1, 0.15) is 0 Å². The van der Waals surface area contributed by atoms with Gasteiger partial charge in [-0.2, -0.15) is 5.11 Å². The number of azo groups is 1. The molecule has 0 radical (unpaired) electrons. The molecule has 1 aromatic carbocycles. The fraction of sp³-hybridized carbons (Fsp3) is 0.467. The molecule has 1 aromatic rings. The van der Waals surface area contributed by atoms with Crippen LogP contribution in [0.25, 0.3) is 0 Å². The zero-order valence-corrected chi connectivity index (χ0v) is 11.2. The Morgan fingerprint density at radius 1 is 1.15 bits per heavy atom. The van der Waals surface area contributed by atoms with Gasteiger partial charge in [-0.1, -0.05) is 37.5 Å². The molecule has 3 rings (SSSR count). The van der Waals surface area contributed by atoms with Crippen molar-refractivity contribution in [3.63, 3.8) is 0 Å². The van der Waals surface area contributed by atoms with Crippen molar-refractivity contribution in [2.75, 3.05) is 0 Å². The molecule has 1 atom stereocenters. The van der Waals surface area contributed by atoms with Crippen molar-refractivity contribution in [2.45, 2.75) is 44.2 Å². The van der Waals surface area contributed by atoms with E-state index in [4.69, 9.17) is 0 Å². The van der Waals surface area contributed by atoms with Gasteiger partial charge in [0.25, 0.3) is 11.8 Å². The number of rotatable bonds is 2. The molecule has 1 aliphatic carbocycles. The first-order valence-electron chi connectivity index (χ1n) is 7.10. The Labute approximate surface area is 117 Å². The monoisotopic (exact) mass is 271 g/mol. The van der Waals surface area contributed by atoms with Crippen LogP contribution in [-0.2, 0) is 4.79 Å². The van der Waals surface area contributed by atoms with Gasteiger partial charge in [0.2, 0.25) is 0 Å². The average molecular weight is 271 g/mol. The highest BCUT2D eigenvalue weighted by atomic mass is 16.2. The van der Waals surface area contributed by atoms with Crippen molar-refractivity contribution in [3.05, 3.63) is 35.4 Å². The fourth-order valence-corrected chi connectivity index (χ4v) is 2.88. The molecule has 1 saturated carbocycles. The molecule has 104 valence electrons. The van der Waals surface area contributed by atoms with Crippen molar-refractivity contribution < 1.29 is 9.59 Å². The quantitative estimate of drug-likeness (QED) is 0.898. The van der Waals surface area contributed by atoms with Gasteiger partial charge >= 0.3 is 0 Å². The minimum absolute atomic E-state index is 0.152. The molecule has 2 aliphatic rings. The zero-order valence-electron chi connectivity index (χ0n) is 11.2. The molecule has 1 fully saturated rings. The third-order valence-electron chi connectivity index (χ3n) is 3.95. The first kappa shape index (κ1) is 13.0. The van der Waals surface area contributed by atoms with Crippen molar-refractivity contribution in [2.24, 2.45) is 10.2 Å². The second-order valence-corrected chi connectivity index (χ2v) is 5.35. The Balaban J connectivity index is 1.78. The molecule has 1 N–H and O–H groups in total. The van der Waals surface area contributed by atoms with Crippen LogP contribution >= 0.6 is 0 Å². The van der Waals surface area contributed by atoms with Gasteiger partial charge in [0, 0.05) is 17.2 Å². The lowest BCUT2D eigenvalue weighted by atomic mass is 9.94. The average Bonchev–Trinajstić information content (AvgIpc) is 2.49. The highest BCUT2D eigenvalue weighted by molar-refractivity contribution is 5.99. The van der Waals surface area contributed by atoms with Crippen LogP contribution in [0.5, 0.6) is 0 Å². The number of hydrogen-bond donors (Lipinski definition) is 1. The minimum atomic E-state index is -0.689. The zero-order chi connectivity index (χ0) is 13.9. The second kappa shape index (κ2) is 5.53. The summed E-state index contributed by atoms with van der Waals surface area (Å²) in [6.07, 6.45) is 5.61. The molecule has 0 saturated heterocycles. The third-order valence-corrected chi connectivity index (χ3v) is 3.95. The summed E-state index contributed by atoms with van der Waals surface area (Å²) in [6.45, 7) is 0. The molecular weight excluding hydrogens is 254 g/mol. The van der Waals surface area contributed by atoms with Crippen LogP contribution in [0, 0.1) is 0 Å². The summed E-state index contributed by atoms with van der Waals surface area (Å²) in [7, 11) is 0. The Bertz CT molecular complexity index is 562. The molecule has 1 heterocycles. The van der Waals surface area contributed by atoms with Gasteiger partial charge in [0.05, 0.1) is 0 Å². The van der Waals surface area contributed by atoms with E-state index in [2.05, 4.69) is 15.5 Å². The molecule has 20 heavy (non-hydrogen) atoms. The van der Waals surface area contributed by atoms with Gasteiger partial charge in [-0.05, 0) is 18.9 Å². The predicted molar refractivity (Wildman–Crippen MR) is 73.4 cm³/mol. The van der Waals surface area contributed by atoms with Crippen molar-refractivity contribution in [1.29, 1.82) is 0 Å². The van der Waals surface area contributed by atoms with Gasteiger partial charge in [-0.3, -0.25) is 9.59 Å². The molecule has 5 nitrogen and oxygen atoms in total. The van der Waals surface area contributed by atoms with Crippen molar-refractivity contribution >= 4 is 11.8 Å². The number of fused-ring (bicyclic) bond motifs is 1. The van der Waals surface area contributed by atoms with Crippen LogP contribution in [0.15, 0.2) is 34.5 Å². The summed E-state index contributed by atoms with van der Waals surface area (Å²) >= 11 is 0. The standard InChI is InChI=1S/C15H17N3O2/c19-14-12-9-5-4-8-11(12)13(17-18-14)15(20)16-10-6-2-1-3-7-10/h4-5,8-10,13H,1-3,6-7H2,(H,16,20). The van der Waals surface area contributed by atoms with Crippen molar-refractivity contribution in [3.8, 4) is 0 Å². The SMILES string of the molecule is O=C1N=NC(C(=O)NC2CCCCC2)c2ccccc21. The maximum absolute atomic E-state index is 12.4. The summed E-state index contributed by atoms with van der Waals surface area (Å²) in [6, 6.07) is 6.59. The van der Waals surface area contributed by atoms with E-state index in [1.807, 2.05) is 6.07 Å². The summed E-state index contributed by atoms with van der Waals surface area (Å²) in [5.74, 6) is -0.525. The first-order valence-corrected chi connectivity index (χ1v) is 7.10. The molecule has 0 aromatic heterocycles. The summed E-state index contributed by atoms with van der Waals surface area (Å²) in [4.78, 5) is 24.0. The van der Waals surface area contributed by atoms with E-state index >= 15 is 0 Å². The van der Waals surface area contributed by atoms with Crippen LogP contribution in [-0.4, -0.2) is 17.9 Å². The third kappa shape index (κ3) is 2.48. The van der Waals surface area contributed by atoms with Gasteiger partial charge in [0.15, 0.2) is 6.04 Å². The summed E-state index contributed by atoms with van der Waals surface area (Å²) in [5.41, 5.74) is 1.13. The number of amides is 2. The van der Waals surface area contributed by atoms with E-state index in [1.165, 1.54) is 6.42 Å². The number of nitrogens with one attached hydrogen (secondary N) is 1. The van der Waals surface area contributed by atoms with Crippen LogP contribution in [0.4, 0.5) is 0 Å². The lowest BCUT2D eigenvalue weighted by Crippen LogP contribution is -2.39. The molecule has 2 amide bonds. The van der Waals surface area contributed by atoms with Crippen LogP contribution < -0.4 is 5.32 Å². The lowest BCUT2D eigenvalue weighted by molar-refractivity contribution is -0.123. The fourth-order valence-electron chi connectivity index (χ4n) is 2.88. The molecule has 0 bridgehead atoms. The smallest absolute Gasteiger partial charge is 0.295 e. The van der Waals surface area contributed by atoms with E-state index < -0.39 is 6.04 Å². The number of carbonyl (C=O) groups is 2. The second-order valence-electron chi connectivity index (χ2n) is 5.35. The Morgan fingerprint density at radius 3 is 2.70 bits per heavy atom. The van der Waals surface area contributed by atoms with Gasteiger partial charge in [-0.25, -0.2) is 0 Å². The molecule has 0 spiro atoms. The van der Waals surface area contributed by atoms with Gasteiger partial charge < -0.3 is 5.32 Å². The van der Waals surface area contributed by atoms with E-state index in [9.17, 15) is 9.59 Å². The van der Waals surface area contributed by atoms with Crippen molar-refractivity contribution in [1.82, 2.24) is 5.32 Å². The number of benzene rings is 1. The Hall–Kier alpha value is -2.04. The largest absolute Gasteiger partial charge is 0.351 e. The lowest BCUT2D eigenvalue weighted by Gasteiger charge is -2.25. The van der Waals surface area contributed by atoms with Crippen LogP contribution in [0.1, 0.15) is 54.1 Å². The highest BCUT2D eigenvalue weighted by Crippen LogP contribution is 2.28. The van der Waals surface area contributed by atoms with Gasteiger partial charge in [-0.15, -0.1) is 5.11 Å². The van der Waals surface area contributed by atoms with Crippen LogP contribution in [0.3, 0.4) is 0 Å². The number of carbonyl (C=O) groups excluding carboxylic acids is 2. The number of hydrogen-bond acceptors (Lipinski definition) is 3. The maximum Gasteiger partial charge on any atom is 0.295 e. The number of nitrogens with zero attached hydrogens (tertiary/aromatic N) is 2. The molecular formula is C15H17N3O2. The predicted octanol–water partition coefficient (Wildman–Crippen LogP) is 2.78. The maximum atomic E-state index is 12.4. The first-order chi connectivity index (χ1) is 9.75. The summed E-state index contributed by atoms with van der Waals surface area (Å²) < 4.78 is 0. The van der Waals surface area contributed by atoms with E-state index in [1.54, 1.807) is 18.2 Å². The highest BCUT2D eigenvalue weighted by Gasteiger charge is 2.30.